The third kappa shape index (κ3) is 6.63. The van der Waals surface area contributed by atoms with Crippen LogP contribution in [-0.2, 0) is 42.7 Å². The topological polar surface area (TPSA) is 180 Å². The van der Waals surface area contributed by atoms with E-state index >= 15 is 0 Å². The molecule has 3 heterocycles. The molecule has 4 N–H and O–H groups in total. The Balaban J connectivity index is 1.42. The van der Waals surface area contributed by atoms with Crippen molar-refractivity contribution in [3.05, 3.63) is 47.7 Å². The molecule has 0 amide bonds. The van der Waals surface area contributed by atoms with Crippen LogP contribution in [0, 0.1) is 11.8 Å². The van der Waals surface area contributed by atoms with Gasteiger partial charge in [-0.25, -0.2) is 9.59 Å². The van der Waals surface area contributed by atoms with E-state index in [1.807, 2.05) is 0 Å². The van der Waals surface area contributed by atoms with E-state index in [2.05, 4.69) is 0 Å². The Hall–Kier alpha value is -3.04. The van der Waals surface area contributed by atoms with Gasteiger partial charge in [-0.05, 0) is 30.7 Å². The van der Waals surface area contributed by atoms with Crippen molar-refractivity contribution in [2.75, 3.05) is 20.8 Å². The number of ether oxygens (including phenoxy) is 7. The number of aliphatic hydroxyl groups excluding tert-OH is 3. The van der Waals surface area contributed by atoms with Gasteiger partial charge in [0.25, 0.3) is 0 Å². The molecule has 10 atom stereocenters. The fourth-order valence-electron chi connectivity index (χ4n) is 4.99. The predicted octanol–water partition coefficient (Wildman–Crippen LogP) is 0.200. The van der Waals surface area contributed by atoms with Crippen molar-refractivity contribution in [3.8, 4) is 5.75 Å². The number of esters is 2. The van der Waals surface area contributed by atoms with E-state index < -0.39 is 79.8 Å². The molecule has 0 unspecified atom stereocenters. The van der Waals surface area contributed by atoms with Crippen LogP contribution < -0.4 is 0 Å². The van der Waals surface area contributed by atoms with Crippen LogP contribution in [0.4, 0.5) is 0 Å². The van der Waals surface area contributed by atoms with Crippen molar-refractivity contribution >= 4 is 18.0 Å². The first-order chi connectivity index (χ1) is 19.1. The number of aromatic hydroxyl groups is 1. The van der Waals surface area contributed by atoms with Gasteiger partial charge < -0.3 is 53.6 Å². The van der Waals surface area contributed by atoms with Crippen molar-refractivity contribution in [2.24, 2.45) is 11.8 Å². The van der Waals surface area contributed by atoms with Crippen LogP contribution in [0.5, 0.6) is 5.75 Å². The van der Waals surface area contributed by atoms with Crippen LogP contribution in [0.1, 0.15) is 18.9 Å². The summed E-state index contributed by atoms with van der Waals surface area (Å²) in [5.74, 6) is -2.23. The Kier molecular flexibility index (Phi) is 9.79. The second kappa shape index (κ2) is 13.1. The minimum Gasteiger partial charge on any atom is -0.508 e. The molecule has 13 heteroatoms. The molecular formula is C27H34O13. The number of phenols is 1. The molecule has 0 radical (unpaired) electrons. The summed E-state index contributed by atoms with van der Waals surface area (Å²) in [6, 6.07) is 6.12. The monoisotopic (exact) mass is 566 g/mol. The molecule has 0 spiro atoms. The zero-order valence-electron chi connectivity index (χ0n) is 22.2. The molecule has 220 valence electrons. The minimum absolute atomic E-state index is 0.0828. The first-order valence-corrected chi connectivity index (χ1v) is 12.7. The molecule has 0 aliphatic carbocycles. The maximum atomic E-state index is 12.4. The highest BCUT2D eigenvalue weighted by molar-refractivity contribution is 5.89. The zero-order valence-corrected chi connectivity index (χ0v) is 22.2. The normalized spacial score (nSPS) is 35.8. The van der Waals surface area contributed by atoms with Gasteiger partial charge in [0.1, 0.15) is 36.8 Å². The fraction of sp³-hybridized carbons (Fsp3) is 0.556. The van der Waals surface area contributed by atoms with Crippen LogP contribution in [0.3, 0.4) is 0 Å². The molecule has 1 aromatic rings. The summed E-state index contributed by atoms with van der Waals surface area (Å²) in [5.41, 5.74) is 0.916. The quantitative estimate of drug-likeness (QED) is 0.248. The molecule has 3 aliphatic heterocycles. The number of phenolic OH excluding ortho intramolecular Hbond substituents is 1. The van der Waals surface area contributed by atoms with Crippen molar-refractivity contribution < 1.29 is 63.2 Å². The molecule has 1 aromatic carbocycles. The van der Waals surface area contributed by atoms with Gasteiger partial charge >= 0.3 is 11.9 Å². The van der Waals surface area contributed by atoms with E-state index in [4.69, 9.17) is 33.2 Å². The van der Waals surface area contributed by atoms with E-state index in [0.717, 1.165) is 6.08 Å². The molecule has 2 fully saturated rings. The van der Waals surface area contributed by atoms with Crippen LogP contribution in [-0.4, -0.2) is 103 Å². The maximum Gasteiger partial charge on any atom is 0.337 e. The van der Waals surface area contributed by atoms with Crippen molar-refractivity contribution in [1.82, 2.24) is 0 Å². The van der Waals surface area contributed by atoms with Gasteiger partial charge in [-0.15, -0.1) is 0 Å². The molecular weight excluding hydrogens is 532 g/mol. The van der Waals surface area contributed by atoms with Crippen LogP contribution in [0.25, 0.3) is 6.08 Å². The van der Waals surface area contributed by atoms with Crippen LogP contribution in [0.2, 0.25) is 0 Å². The van der Waals surface area contributed by atoms with Crippen molar-refractivity contribution in [1.29, 1.82) is 0 Å². The second-order valence-corrected chi connectivity index (χ2v) is 9.70. The van der Waals surface area contributed by atoms with Crippen LogP contribution >= 0.6 is 0 Å². The number of hydrogen-bond donors (Lipinski definition) is 4. The van der Waals surface area contributed by atoms with Crippen molar-refractivity contribution in [2.45, 2.75) is 62.7 Å². The standard InChI is InChI=1S/C27H34O13/c1-13-21-16(10-20(34-2)38-13)17(25(33)35-3)11-37-26(21)40-27-24(32)23(31)22(30)18(39-27)12-36-19(29)9-6-14-4-7-15(28)8-5-14/h4-9,11,13,16,18,20-24,26-28,30-32H,10,12H2,1-3H3/b9-6-/t13-,16+,18+,20-,21-,22+,23-,24+,26+,27-/m0/s1. The first kappa shape index (κ1) is 29.9. The first-order valence-electron chi connectivity index (χ1n) is 12.7. The van der Waals surface area contributed by atoms with Gasteiger partial charge in [-0.2, -0.15) is 0 Å². The zero-order chi connectivity index (χ0) is 29.0. The smallest absolute Gasteiger partial charge is 0.337 e. The highest BCUT2D eigenvalue weighted by Crippen LogP contribution is 2.43. The summed E-state index contributed by atoms with van der Waals surface area (Å²) in [6.07, 6.45) is -5.70. The highest BCUT2D eigenvalue weighted by Gasteiger charge is 2.52. The van der Waals surface area contributed by atoms with E-state index in [9.17, 15) is 30.0 Å². The average molecular weight is 567 g/mol. The number of aliphatic hydroxyl groups is 3. The number of methoxy groups -OCH3 is 2. The number of benzene rings is 1. The lowest BCUT2D eigenvalue weighted by Gasteiger charge is -2.47. The van der Waals surface area contributed by atoms with E-state index in [1.54, 1.807) is 19.1 Å². The number of hydrogen-bond acceptors (Lipinski definition) is 13. The lowest BCUT2D eigenvalue weighted by atomic mass is 9.77. The molecule has 0 aromatic heterocycles. The van der Waals surface area contributed by atoms with E-state index in [-0.39, 0.29) is 11.3 Å². The fourth-order valence-corrected chi connectivity index (χ4v) is 4.99. The predicted molar refractivity (Wildman–Crippen MR) is 134 cm³/mol. The number of carbonyl (C=O) groups excluding carboxylic acids is 2. The summed E-state index contributed by atoms with van der Waals surface area (Å²) in [4.78, 5) is 24.6. The molecule has 2 saturated heterocycles. The lowest BCUT2D eigenvalue weighted by Crippen LogP contribution is -2.61. The molecule has 0 bridgehead atoms. The Morgan fingerprint density at radius 2 is 1.75 bits per heavy atom. The number of fused-ring (bicyclic) bond motifs is 1. The SMILES string of the molecule is COC(=O)C1=CO[C@H](O[C@@H]2O[C@H](COC(=O)/C=C\c3ccc(O)cc3)[C@@H](O)[C@H](O)[C@H]2O)[C@H]2[C@H](C)O[C@H](OC)C[C@H]12. The van der Waals surface area contributed by atoms with Gasteiger partial charge in [0, 0.05) is 25.5 Å². The van der Waals surface area contributed by atoms with E-state index in [0.29, 0.717) is 12.0 Å². The van der Waals surface area contributed by atoms with E-state index in [1.165, 1.54) is 38.7 Å². The Labute approximate surface area is 230 Å². The highest BCUT2D eigenvalue weighted by atomic mass is 16.8. The summed E-state index contributed by atoms with van der Waals surface area (Å²) < 4.78 is 38.6. The lowest BCUT2D eigenvalue weighted by molar-refractivity contribution is -0.353. The third-order valence-electron chi connectivity index (χ3n) is 7.18. The van der Waals surface area contributed by atoms with Gasteiger partial charge in [-0.3, -0.25) is 0 Å². The minimum atomic E-state index is -1.69. The van der Waals surface area contributed by atoms with Gasteiger partial charge in [0.2, 0.25) is 6.29 Å². The maximum absolute atomic E-state index is 12.4. The van der Waals surface area contributed by atoms with Gasteiger partial charge in [0.05, 0.1) is 31.0 Å². The molecule has 3 aliphatic rings. The van der Waals surface area contributed by atoms with Crippen LogP contribution in [0.15, 0.2) is 42.2 Å². The Morgan fingerprint density at radius 3 is 2.42 bits per heavy atom. The summed E-state index contributed by atoms with van der Waals surface area (Å²) in [5, 5.41) is 40.8. The number of rotatable bonds is 8. The molecule has 0 saturated carbocycles. The summed E-state index contributed by atoms with van der Waals surface area (Å²) in [6.45, 7) is 1.30. The average Bonchev–Trinajstić information content (AvgIpc) is 2.95. The summed E-state index contributed by atoms with van der Waals surface area (Å²) >= 11 is 0. The molecule has 40 heavy (non-hydrogen) atoms. The van der Waals surface area contributed by atoms with Gasteiger partial charge in [-0.1, -0.05) is 12.1 Å². The van der Waals surface area contributed by atoms with Crippen molar-refractivity contribution in [3.63, 3.8) is 0 Å². The number of carbonyl (C=O) groups is 2. The molecule has 13 nitrogen and oxygen atoms in total. The Morgan fingerprint density at radius 1 is 1.02 bits per heavy atom. The largest absolute Gasteiger partial charge is 0.508 e. The summed E-state index contributed by atoms with van der Waals surface area (Å²) in [7, 11) is 2.74. The third-order valence-corrected chi connectivity index (χ3v) is 7.18. The second-order valence-electron chi connectivity index (χ2n) is 9.70. The van der Waals surface area contributed by atoms with Gasteiger partial charge in [0.15, 0.2) is 12.6 Å². The Bertz CT molecular complexity index is 1090. The molecule has 4 rings (SSSR count).